The number of esters is 1. The number of benzene rings is 2. The van der Waals surface area contributed by atoms with E-state index in [1.807, 2.05) is 0 Å². The third kappa shape index (κ3) is 5.40. The normalized spacial score (nSPS) is 17.0. The quantitative estimate of drug-likeness (QED) is 0.219. The molecule has 3 heterocycles. The van der Waals surface area contributed by atoms with Gasteiger partial charge >= 0.3 is 5.97 Å². The molecule has 2 aromatic carbocycles. The van der Waals surface area contributed by atoms with Crippen molar-refractivity contribution in [2.75, 3.05) is 52.0 Å². The Morgan fingerprint density at radius 1 is 1.17 bits per heavy atom. The number of carbonyl (C=O) groups is 1. The Balaban J connectivity index is 1.73. The van der Waals surface area contributed by atoms with E-state index in [4.69, 9.17) is 18.9 Å². The summed E-state index contributed by atoms with van der Waals surface area (Å²) < 4.78 is 23.5. The number of morpholine rings is 1. The fourth-order valence-corrected chi connectivity index (χ4v) is 6.17. The number of ether oxygens (including phenoxy) is 4. The maximum atomic E-state index is 14.1. The molecule has 13 heteroatoms. The lowest BCUT2D eigenvalue weighted by Crippen LogP contribution is -2.40. The molecule has 1 atom stereocenters. The van der Waals surface area contributed by atoms with Gasteiger partial charge in [-0.1, -0.05) is 17.4 Å². The van der Waals surface area contributed by atoms with E-state index in [1.165, 1.54) is 30.9 Å². The first-order valence-electron chi connectivity index (χ1n) is 13.3. The molecular formula is C29H30N4O8S. The van der Waals surface area contributed by atoms with Crippen LogP contribution in [0.15, 0.2) is 57.5 Å². The Hall–Kier alpha value is -4.49. The van der Waals surface area contributed by atoms with Crippen molar-refractivity contribution in [3.63, 3.8) is 0 Å². The van der Waals surface area contributed by atoms with Crippen LogP contribution in [-0.4, -0.2) is 62.6 Å². The molecule has 42 heavy (non-hydrogen) atoms. The lowest BCUT2D eigenvalue weighted by molar-refractivity contribution is -0.384. The van der Waals surface area contributed by atoms with Crippen LogP contribution in [-0.2, 0) is 14.3 Å². The average Bonchev–Trinajstić information content (AvgIpc) is 3.30. The molecular weight excluding hydrogens is 564 g/mol. The summed E-state index contributed by atoms with van der Waals surface area (Å²) in [5, 5.41) is 11.6. The molecule has 0 spiro atoms. The standard InChI is InChI=1S/C29H30N4O8S/c1-5-41-28(35)25-17(2)30-29-32(26(25)18-6-9-22(38-3)23(15-18)39-4)27(34)24(42-29)16-19-14-20(33(36)37)7-8-21(19)31-10-12-40-13-11-31/h6-9,14-16,26H,5,10-13H2,1-4H3. The number of rotatable bonds is 8. The lowest BCUT2D eigenvalue weighted by Gasteiger charge is -2.30. The molecule has 0 radical (unpaired) electrons. The van der Waals surface area contributed by atoms with Crippen LogP contribution in [0.5, 0.6) is 11.5 Å². The van der Waals surface area contributed by atoms with E-state index in [0.29, 0.717) is 64.0 Å². The van der Waals surface area contributed by atoms with Crippen LogP contribution in [0.1, 0.15) is 31.0 Å². The van der Waals surface area contributed by atoms with Crippen molar-refractivity contribution in [3.05, 3.63) is 88.6 Å². The van der Waals surface area contributed by atoms with Crippen molar-refractivity contribution in [2.24, 2.45) is 4.99 Å². The second-order valence-electron chi connectivity index (χ2n) is 9.52. The predicted molar refractivity (Wildman–Crippen MR) is 156 cm³/mol. The highest BCUT2D eigenvalue weighted by Crippen LogP contribution is 2.36. The van der Waals surface area contributed by atoms with E-state index >= 15 is 0 Å². The molecule has 12 nitrogen and oxygen atoms in total. The van der Waals surface area contributed by atoms with Crippen molar-refractivity contribution in [1.29, 1.82) is 0 Å². The average molecular weight is 595 g/mol. The van der Waals surface area contributed by atoms with Gasteiger partial charge in [0.2, 0.25) is 0 Å². The van der Waals surface area contributed by atoms with Crippen molar-refractivity contribution in [3.8, 4) is 11.5 Å². The smallest absolute Gasteiger partial charge is 0.338 e. The summed E-state index contributed by atoms with van der Waals surface area (Å²) in [7, 11) is 3.03. The van der Waals surface area contributed by atoms with Crippen LogP contribution in [0.25, 0.3) is 6.08 Å². The summed E-state index contributed by atoms with van der Waals surface area (Å²) in [6.07, 6.45) is 1.65. The van der Waals surface area contributed by atoms with Crippen molar-refractivity contribution in [1.82, 2.24) is 4.57 Å². The Morgan fingerprint density at radius 3 is 2.57 bits per heavy atom. The molecule has 2 aliphatic rings. The van der Waals surface area contributed by atoms with Gasteiger partial charge < -0.3 is 23.8 Å². The number of carbonyl (C=O) groups excluding carboxylic acids is 1. The minimum absolute atomic E-state index is 0.0883. The number of hydrogen-bond acceptors (Lipinski definition) is 11. The molecule has 1 aromatic heterocycles. The number of aromatic nitrogens is 1. The first kappa shape index (κ1) is 29.0. The van der Waals surface area contributed by atoms with Crippen molar-refractivity contribution >= 4 is 34.8 Å². The minimum atomic E-state index is -0.855. The van der Waals surface area contributed by atoms with Gasteiger partial charge in [0.25, 0.3) is 11.2 Å². The van der Waals surface area contributed by atoms with Crippen LogP contribution < -0.4 is 29.3 Å². The van der Waals surface area contributed by atoms with Gasteiger partial charge in [0.05, 0.1) is 60.8 Å². The van der Waals surface area contributed by atoms with Crippen molar-refractivity contribution < 1.29 is 28.7 Å². The fourth-order valence-electron chi connectivity index (χ4n) is 5.13. The molecule has 5 rings (SSSR count). The fraction of sp³-hybridized carbons (Fsp3) is 0.345. The van der Waals surface area contributed by atoms with E-state index in [0.717, 1.165) is 17.0 Å². The zero-order chi connectivity index (χ0) is 30.0. The molecule has 220 valence electrons. The molecule has 3 aromatic rings. The van der Waals surface area contributed by atoms with Gasteiger partial charge in [0, 0.05) is 36.5 Å². The Bertz CT molecular complexity index is 1750. The highest BCUT2D eigenvalue weighted by molar-refractivity contribution is 7.07. The molecule has 0 saturated carbocycles. The van der Waals surface area contributed by atoms with Gasteiger partial charge in [0.15, 0.2) is 16.3 Å². The number of thiazole rings is 1. The highest BCUT2D eigenvalue weighted by Gasteiger charge is 2.34. The number of methoxy groups -OCH3 is 2. The molecule has 0 bridgehead atoms. The monoisotopic (exact) mass is 594 g/mol. The number of fused-ring (bicyclic) bond motifs is 1. The number of allylic oxidation sites excluding steroid dienone is 1. The second kappa shape index (κ2) is 12.2. The van der Waals surface area contributed by atoms with Gasteiger partial charge in [-0.2, -0.15) is 0 Å². The summed E-state index contributed by atoms with van der Waals surface area (Å²) in [5.74, 6) is 0.344. The van der Waals surface area contributed by atoms with Gasteiger partial charge in [0.1, 0.15) is 0 Å². The largest absolute Gasteiger partial charge is 0.493 e. The van der Waals surface area contributed by atoms with E-state index in [9.17, 15) is 19.7 Å². The molecule has 0 amide bonds. The molecule has 2 aliphatic heterocycles. The van der Waals surface area contributed by atoms with Crippen LogP contribution in [0.3, 0.4) is 0 Å². The molecule has 0 N–H and O–H groups in total. The van der Waals surface area contributed by atoms with E-state index in [1.54, 1.807) is 44.2 Å². The number of nitrogens with zero attached hydrogens (tertiary/aromatic N) is 4. The number of hydrogen-bond donors (Lipinski definition) is 0. The second-order valence-corrected chi connectivity index (χ2v) is 10.5. The number of non-ortho nitro benzene ring substituents is 1. The molecule has 1 fully saturated rings. The van der Waals surface area contributed by atoms with Crippen LogP contribution in [0.4, 0.5) is 11.4 Å². The van der Waals surface area contributed by atoms with E-state index < -0.39 is 22.5 Å². The van der Waals surface area contributed by atoms with Gasteiger partial charge in [-0.25, -0.2) is 9.79 Å². The molecule has 1 saturated heterocycles. The first-order valence-corrected chi connectivity index (χ1v) is 14.1. The molecule has 0 aliphatic carbocycles. The third-order valence-electron chi connectivity index (χ3n) is 7.10. The summed E-state index contributed by atoms with van der Waals surface area (Å²) in [6, 6.07) is 8.95. The lowest BCUT2D eigenvalue weighted by atomic mass is 9.95. The summed E-state index contributed by atoms with van der Waals surface area (Å²) >= 11 is 1.15. The van der Waals surface area contributed by atoms with Gasteiger partial charge in [-0.15, -0.1) is 0 Å². The predicted octanol–water partition coefficient (Wildman–Crippen LogP) is 2.56. The van der Waals surface area contributed by atoms with E-state index in [-0.39, 0.29) is 17.9 Å². The first-order chi connectivity index (χ1) is 20.3. The highest BCUT2D eigenvalue weighted by atomic mass is 32.1. The van der Waals surface area contributed by atoms with Crippen molar-refractivity contribution in [2.45, 2.75) is 19.9 Å². The number of nitro groups is 1. The SMILES string of the molecule is CCOC(=O)C1=C(C)N=c2sc(=Cc3cc([N+](=O)[O-])ccc3N3CCOCC3)c(=O)n2C1c1ccc(OC)c(OC)c1. The zero-order valence-corrected chi connectivity index (χ0v) is 24.4. The maximum Gasteiger partial charge on any atom is 0.338 e. The third-order valence-corrected chi connectivity index (χ3v) is 8.08. The zero-order valence-electron chi connectivity index (χ0n) is 23.6. The number of anilines is 1. The molecule has 1 unspecified atom stereocenters. The Kier molecular flexibility index (Phi) is 8.41. The Labute approximate surface area is 244 Å². The summed E-state index contributed by atoms with van der Waals surface area (Å²) in [4.78, 5) is 45.5. The van der Waals surface area contributed by atoms with Crippen LogP contribution in [0.2, 0.25) is 0 Å². The van der Waals surface area contributed by atoms with Crippen LogP contribution >= 0.6 is 11.3 Å². The van der Waals surface area contributed by atoms with E-state index in [2.05, 4.69) is 9.89 Å². The minimum Gasteiger partial charge on any atom is -0.493 e. The van der Waals surface area contributed by atoms with Gasteiger partial charge in [-0.3, -0.25) is 19.5 Å². The van der Waals surface area contributed by atoms with Gasteiger partial charge in [-0.05, 0) is 43.7 Å². The Morgan fingerprint density at radius 2 is 1.90 bits per heavy atom. The number of nitro benzene ring substituents is 1. The maximum absolute atomic E-state index is 14.1. The summed E-state index contributed by atoms with van der Waals surface area (Å²) in [5.41, 5.74) is 2.05. The van der Waals surface area contributed by atoms with Crippen LogP contribution in [0, 0.1) is 10.1 Å². The topological polar surface area (TPSA) is 135 Å². The summed E-state index contributed by atoms with van der Waals surface area (Å²) in [6.45, 7) is 5.84.